The molecule has 0 atom stereocenters. The second-order valence-electron chi connectivity index (χ2n) is 3.95. The standard InChI is InChI=1S/C16H13BrO2/c1-19-14-9-6-13(7-10-14)16(18)11-8-12-4-2-3-5-15(12)17/h2-11H,1H3/b11-8+. The zero-order chi connectivity index (χ0) is 13.7. The fourth-order valence-electron chi connectivity index (χ4n) is 1.63. The Morgan fingerprint density at radius 3 is 2.42 bits per heavy atom. The molecule has 0 aliphatic rings. The molecule has 0 heterocycles. The first-order valence-corrected chi connectivity index (χ1v) is 6.61. The number of rotatable bonds is 4. The van der Waals surface area contributed by atoms with Crippen LogP contribution in [0, 0.1) is 0 Å². The van der Waals surface area contributed by atoms with Crippen LogP contribution in [0.1, 0.15) is 15.9 Å². The Bertz CT molecular complexity index is 600. The van der Waals surface area contributed by atoms with Gasteiger partial charge in [-0.2, -0.15) is 0 Å². The number of carbonyl (C=O) groups excluding carboxylic acids is 1. The maximum Gasteiger partial charge on any atom is 0.185 e. The Kier molecular flexibility index (Phi) is 4.53. The van der Waals surface area contributed by atoms with Gasteiger partial charge in [0, 0.05) is 10.0 Å². The molecule has 0 spiro atoms. The quantitative estimate of drug-likeness (QED) is 0.619. The van der Waals surface area contributed by atoms with Gasteiger partial charge in [0.25, 0.3) is 0 Å². The third-order valence-electron chi connectivity index (χ3n) is 2.69. The monoisotopic (exact) mass is 316 g/mol. The molecule has 0 N–H and O–H groups in total. The molecule has 0 unspecified atom stereocenters. The van der Waals surface area contributed by atoms with Gasteiger partial charge in [0.05, 0.1) is 7.11 Å². The minimum atomic E-state index is -0.0293. The lowest BCUT2D eigenvalue weighted by Gasteiger charge is -2.00. The van der Waals surface area contributed by atoms with E-state index in [0.717, 1.165) is 15.8 Å². The van der Waals surface area contributed by atoms with Crippen molar-refractivity contribution in [3.8, 4) is 5.75 Å². The lowest BCUT2D eigenvalue weighted by atomic mass is 10.1. The SMILES string of the molecule is COc1ccc(C(=O)/C=C/c2ccccc2Br)cc1. The number of benzene rings is 2. The highest BCUT2D eigenvalue weighted by molar-refractivity contribution is 9.10. The van der Waals surface area contributed by atoms with E-state index in [1.807, 2.05) is 24.3 Å². The minimum absolute atomic E-state index is 0.0293. The Morgan fingerprint density at radius 1 is 1.11 bits per heavy atom. The first-order chi connectivity index (χ1) is 9.20. The lowest BCUT2D eigenvalue weighted by Crippen LogP contribution is -1.94. The van der Waals surface area contributed by atoms with Crippen LogP contribution >= 0.6 is 15.9 Å². The van der Waals surface area contributed by atoms with Crippen LogP contribution < -0.4 is 4.74 Å². The van der Waals surface area contributed by atoms with Gasteiger partial charge in [0.1, 0.15) is 5.75 Å². The number of ketones is 1. The highest BCUT2D eigenvalue weighted by Crippen LogP contribution is 2.18. The van der Waals surface area contributed by atoms with Gasteiger partial charge >= 0.3 is 0 Å². The number of halogens is 1. The predicted molar refractivity (Wildman–Crippen MR) is 80.5 cm³/mol. The predicted octanol–water partition coefficient (Wildman–Crippen LogP) is 4.35. The van der Waals surface area contributed by atoms with Gasteiger partial charge in [-0.1, -0.05) is 34.1 Å². The molecule has 0 saturated carbocycles. The fraction of sp³-hybridized carbons (Fsp3) is 0.0625. The largest absolute Gasteiger partial charge is 0.497 e. The van der Waals surface area contributed by atoms with Gasteiger partial charge in [0.2, 0.25) is 0 Å². The van der Waals surface area contributed by atoms with Crippen LogP contribution in [-0.4, -0.2) is 12.9 Å². The average molecular weight is 317 g/mol. The van der Waals surface area contributed by atoms with Crippen LogP contribution in [0.2, 0.25) is 0 Å². The molecule has 0 radical (unpaired) electrons. The van der Waals surface area contributed by atoms with Crippen LogP contribution in [0.15, 0.2) is 59.1 Å². The van der Waals surface area contributed by atoms with Crippen molar-refractivity contribution in [2.24, 2.45) is 0 Å². The van der Waals surface area contributed by atoms with Crippen LogP contribution in [0.3, 0.4) is 0 Å². The van der Waals surface area contributed by atoms with E-state index in [2.05, 4.69) is 15.9 Å². The Labute approximate surface area is 120 Å². The molecule has 96 valence electrons. The number of methoxy groups -OCH3 is 1. The molecule has 2 nitrogen and oxygen atoms in total. The van der Waals surface area contributed by atoms with Crippen LogP contribution in [0.25, 0.3) is 6.08 Å². The molecule has 0 saturated heterocycles. The third kappa shape index (κ3) is 3.55. The van der Waals surface area contributed by atoms with Crippen molar-refractivity contribution in [3.05, 3.63) is 70.2 Å². The van der Waals surface area contributed by atoms with E-state index in [9.17, 15) is 4.79 Å². The molecule has 19 heavy (non-hydrogen) atoms. The van der Waals surface area contributed by atoms with Gasteiger partial charge in [-0.05, 0) is 48.0 Å². The number of hydrogen-bond acceptors (Lipinski definition) is 2. The van der Waals surface area contributed by atoms with Crippen molar-refractivity contribution in [1.29, 1.82) is 0 Å². The van der Waals surface area contributed by atoms with Crippen LogP contribution in [0.5, 0.6) is 5.75 Å². The minimum Gasteiger partial charge on any atom is -0.497 e. The highest BCUT2D eigenvalue weighted by atomic mass is 79.9. The molecular weight excluding hydrogens is 304 g/mol. The third-order valence-corrected chi connectivity index (χ3v) is 3.42. The topological polar surface area (TPSA) is 26.3 Å². The summed E-state index contributed by atoms with van der Waals surface area (Å²) in [6.45, 7) is 0. The molecule has 0 amide bonds. The van der Waals surface area contributed by atoms with E-state index in [1.165, 1.54) is 0 Å². The fourth-order valence-corrected chi connectivity index (χ4v) is 2.04. The molecule has 3 heteroatoms. The summed E-state index contributed by atoms with van der Waals surface area (Å²) < 4.78 is 6.02. The molecule has 0 bridgehead atoms. The van der Waals surface area contributed by atoms with E-state index in [0.29, 0.717) is 5.56 Å². The van der Waals surface area contributed by atoms with E-state index in [-0.39, 0.29) is 5.78 Å². The normalized spacial score (nSPS) is 10.6. The molecule has 2 aromatic carbocycles. The molecule has 0 aliphatic carbocycles. The zero-order valence-corrected chi connectivity index (χ0v) is 12.1. The number of hydrogen-bond donors (Lipinski definition) is 0. The average Bonchev–Trinajstić information content (AvgIpc) is 2.46. The highest BCUT2D eigenvalue weighted by Gasteiger charge is 2.02. The zero-order valence-electron chi connectivity index (χ0n) is 10.5. The summed E-state index contributed by atoms with van der Waals surface area (Å²) in [5.74, 6) is 0.713. The summed E-state index contributed by atoms with van der Waals surface area (Å²) in [6.07, 6.45) is 3.37. The van der Waals surface area contributed by atoms with Gasteiger partial charge in [-0.15, -0.1) is 0 Å². The number of allylic oxidation sites excluding steroid dienone is 1. The summed E-state index contributed by atoms with van der Waals surface area (Å²) in [4.78, 5) is 12.0. The first-order valence-electron chi connectivity index (χ1n) is 5.81. The van der Waals surface area contributed by atoms with Crippen molar-refractivity contribution < 1.29 is 9.53 Å². The lowest BCUT2D eigenvalue weighted by molar-refractivity contribution is 0.104. The van der Waals surface area contributed by atoms with E-state index >= 15 is 0 Å². The second kappa shape index (κ2) is 6.34. The van der Waals surface area contributed by atoms with Crippen molar-refractivity contribution >= 4 is 27.8 Å². The molecule has 2 aromatic rings. The van der Waals surface area contributed by atoms with Gasteiger partial charge in [0.15, 0.2) is 5.78 Å². The van der Waals surface area contributed by atoms with Gasteiger partial charge in [-0.3, -0.25) is 4.79 Å². The van der Waals surface area contributed by atoms with Crippen molar-refractivity contribution in [1.82, 2.24) is 0 Å². The number of ether oxygens (including phenoxy) is 1. The summed E-state index contributed by atoms with van der Waals surface area (Å²) in [5, 5.41) is 0. The summed E-state index contributed by atoms with van der Waals surface area (Å²) in [5.41, 5.74) is 1.62. The van der Waals surface area contributed by atoms with E-state index in [4.69, 9.17) is 4.74 Å². The van der Waals surface area contributed by atoms with E-state index < -0.39 is 0 Å². The smallest absolute Gasteiger partial charge is 0.185 e. The second-order valence-corrected chi connectivity index (χ2v) is 4.80. The molecule has 2 rings (SSSR count). The number of carbonyl (C=O) groups is 1. The summed E-state index contributed by atoms with van der Waals surface area (Å²) in [6, 6.07) is 14.8. The molecule has 0 aliphatic heterocycles. The summed E-state index contributed by atoms with van der Waals surface area (Å²) in [7, 11) is 1.60. The van der Waals surface area contributed by atoms with Crippen molar-refractivity contribution in [2.45, 2.75) is 0 Å². The van der Waals surface area contributed by atoms with Crippen molar-refractivity contribution in [2.75, 3.05) is 7.11 Å². The van der Waals surface area contributed by atoms with Crippen molar-refractivity contribution in [3.63, 3.8) is 0 Å². The maximum atomic E-state index is 12.0. The Balaban J connectivity index is 2.14. The van der Waals surface area contributed by atoms with Gasteiger partial charge in [-0.25, -0.2) is 0 Å². The van der Waals surface area contributed by atoms with Gasteiger partial charge < -0.3 is 4.74 Å². The van der Waals surface area contributed by atoms with Crippen LogP contribution in [-0.2, 0) is 0 Å². The molecular formula is C16H13BrO2. The molecule has 0 fully saturated rings. The molecule has 0 aromatic heterocycles. The van der Waals surface area contributed by atoms with E-state index in [1.54, 1.807) is 43.5 Å². The Hall–Kier alpha value is -1.87. The first kappa shape index (κ1) is 13.6. The van der Waals surface area contributed by atoms with Crippen LogP contribution in [0.4, 0.5) is 0 Å². The Morgan fingerprint density at radius 2 is 1.79 bits per heavy atom. The maximum absolute atomic E-state index is 12.0. The summed E-state index contributed by atoms with van der Waals surface area (Å²) >= 11 is 3.44.